The summed E-state index contributed by atoms with van der Waals surface area (Å²) in [7, 11) is 0. The minimum absolute atomic E-state index is 0.344. The van der Waals surface area contributed by atoms with Crippen molar-refractivity contribution in [1.82, 2.24) is 9.97 Å². The molecule has 3 rings (SSSR count). The molecule has 80 valence electrons. The SMILES string of the molecule is Brc1cc(Br)nc(C2CC3CCC2O3)n1. The Hall–Kier alpha value is -0.0000000000000000833. The summed E-state index contributed by atoms with van der Waals surface area (Å²) in [5.41, 5.74) is 0. The maximum Gasteiger partial charge on any atom is 0.136 e. The molecule has 1 aromatic rings. The Morgan fingerprint density at radius 3 is 2.47 bits per heavy atom. The first-order chi connectivity index (χ1) is 7.22. The quantitative estimate of drug-likeness (QED) is 0.741. The zero-order valence-electron chi connectivity index (χ0n) is 7.99. The maximum absolute atomic E-state index is 5.81. The fraction of sp³-hybridized carbons (Fsp3) is 0.600. The van der Waals surface area contributed by atoms with Gasteiger partial charge in [0.2, 0.25) is 0 Å². The average molecular weight is 334 g/mol. The van der Waals surface area contributed by atoms with Crippen LogP contribution >= 0.6 is 31.9 Å². The third-order valence-corrected chi connectivity index (χ3v) is 3.93. The minimum Gasteiger partial charge on any atom is -0.374 e. The van der Waals surface area contributed by atoms with E-state index in [9.17, 15) is 0 Å². The van der Waals surface area contributed by atoms with Crippen molar-refractivity contribution in [2.45, 2.75) is 37.4 Å². The van der Waals surface area contributed by atoms with E-state index in [1.54, 1.807) is 0 Å². The molecular formula is C10H10Br2N2O. The molecule has 3 atom stereocenters. The summed E-state index contributed by atoms with van der Waals surface area (Å²) in [5.74, 6) is 1.29. The third kappa shape index (κ3) is 1.85. The van der Waals surface area contributed by atoms with E-state index >= 15 is 0 Å². The van der Waals surface area contributed by atoms with Crippen molar-refractivity contribution in [2.24, 2.45) is 0 Å². The summed E-state index contributed by atoms with van der Waals surface area (Å²) in [6.07, 6.45) is 4.23. The molecule has 0 aromatic carbocycles. The normalized spacial score (nSPS) is 33.6. The molecule has 0 aliphatic carbocycles. The van der Waals surface area contributed by atoms with Crippen LogP contribution in [-0.4, -0.2) is 22.2 Å². The van der Waals surface area contributed by atoms with Crippen LogP contribution in [0.3, 0.4) is 0 Å². The highest BCUT2D eigenvalue weighted by molar-refractivity contribution is 9.11. The van der Waals surface area contributed by atoms with Crippen LogP contribution in [0.25, 0.3) is 0 Å². The molecule has 3 nitrogen and oxygen atoms in total. The third-order valence-electron chi connectivity index (χ3n) is 3.12. The highest BCUT2D eigenvalue weighted by Crippen LogP contribution is 2.43. The van der Waals surface area contributed by atoms with E-state index in [1.165, 1.54) is 6.42 Å². The van der Waals surface area contributed by atoms with Gasteiger partial charge in [-0.05, 0) is 51.1 Å². The zero-order valence-corrected chi connectivity index (χ0v) is 11.2. The summed E-state index contributed by atoms with van der Waals surface area (Å²) in [4.78, 5) is 8.86. The molecule has 2 fully saturated rings. The number of nitrogens with zero attached hydrogens (tertiary/aromatic N) is 2. The van der Waals surface area contributed by atoms with E-state index in [0.29, 0.717) is 18.1 Å². The molecule has 3 heterocycles. The maximum atomic E-state index is 5.81. The molecule has 0 N–H and O–H groups in total. The summed E-state index contributed by atoms with van der Waals surface area (Å²) >= 11 is 6.78. The van der Waals surface area contributed by atoms with Gasteiger partial charge >= 0.3 is 0 Å². The van der Waals surface area contributed by atoms with Gasteiger partial charge in [-0.15, -0.1) is 0 Å². The molecule has 2 aliphatic rings. The highest BCUT2D eigenvalue weighted by Gasteiger charge is 2.42. The second-order valence-electron chi connectivity index (χ2n) is 4.09. The van der Waals surface area contributed by atoms with E-state index in [1.807, 2.05) is 6.07 Å². The van der Waals surface area contributed by atoms with Crippen molar-refractivity contribution in [3.63, 3.8) is 0 Å². The van der Waals surface area contributed by atoms with Gasteiger partial charge in [-0.3, -0.25) is 0 Å². The predicted molar refractivity (Wildman–Crippen MR) is 62.7 cm³/mol. The number of hydrogen-bond acceptors (Lipinski definition) is 3. The van der Waals surface area contributed by atoms with E-state index in [-0.39, 0.29) is 0 Å². The van der Waals surface area contributed by atoms with Crippen LogP contribution in [0.5, 0.6) is 0 Å². The fourth-order valence-corrected chi connectivity index (χ4v) is 3.59. The van der Waals surface area contributed by atoms with Crippen LogP contribution < -0.4 is 0 Å². The van der Waals surface area contributed by atoms with Crippen molar-refractivity contribution in [3.8, 4) is 0 Å². The Bertz CT molecular complexity index is 379. The molecule has 0 radical (unpaired) electrons. The number of halogens is 2. The topological polar surface area (TPSA) is 35.0 Å². The molecule has 5 heteroatoms. The lowest BCUT2D eigenvalue weighted by Crippen LogP contribution is -2.17. The van der Waals surface area contributed by atoms with Crippen LogP contribution in [0.15, 0.2) is 15.3 Å². The van der Waals surface area contributed by atoms with Crippen LogP contribution in [0, 0.1) is 0 Å². The van der Waals surface area contributed by atoms with Gasteiger partial charge in [-0.25, -0.2) is 9.97 Å². The zero-order chi connectivity index (χ0) is 10.4. The van der Waals surface area contributed by atoms with Gasteiger partial charge in [0.1, 0.15) is 15.0 Å². The molecular weight excluding hydrogens is 324 g/mol. The van der Waals surface area contributed by atoms with Crippen LogP contribution in [0.2, 0.25) is 0 Å². The van der Waals surface area contributed by atoms with Gasteiger partial charge in [-0.1, -0.05) is 0 Å². The molecule has 0 spiro atoms. The molecule has 1 aromatic heterocycles. The first kappa shape index (κ1) is 10.2. The number of fused-ring (bicyclic) bond motifs is 2. The van der Waals surface area contributed by atoms with Gasteiger partial charge < -0.3 is 4.74 Å². The van der Waals surface area contributed by atoms with Crippen molar-refractivity contribution < 1.29 is 4.74 Å². The van der Waals surface area contributed by atoms with Crippen molar-refractivity contribution in [1.29, 1.82) is 0 Å². The molecule has 15 heavy (non-hydrogen) atoms. The molecule has 3 unspecified atom stereocenters. The first-order valence-corrected chi connectivity index (χ1v) is 6.66. The van der Waals surface area contributed by atoms with Gasteiger partial charge in [0.05, 0.1) is 12.2 Å². The van der Waals surface area contributed by atoms with Crippen LogP contribution in [0.1, 0.15) is 31.0 Å². The lowest BCUT2D eigenvalue weighted by Gasteiger charge is -2.17. The van der Waals surface area contributed by atoms with Gasteiger partial charge in [0.25, 0.3) is 0 Å². The van der Waals surface area contributed by atoms with E-state index in [0.717, 1.165) is 27.9 Å². The molecule has 0 saturated carbocycles. The highest BCUT2D eigenvalue weighted by atomic mass is 79.9. The van der Waals surface area contributed by atoms with Crippen molar-refractivity contribution in [3.05, 3.63) is 21.1 Å². The number of ether oxygens (including phenoxy) is 1. The summed E-state index contributed by atoms with van der Waals surface area (Å²) in [6.45, 7) is 0. The van der Waals surface area contributed by atoms with E-state index in [4.69, 9.17) is 4.74 Å². The molecule has 2 aliphatic heterocycles. The van der Waals surface area contributed by atoms with Crippen molar-refractivity contribution >= 4 is 31.9 Å². The second kappa shape index (κ2) is 3.79. The first-order valence-electron chi connectivity index (χ1n) is 5.08. The average Bonchev–Trinajstić information content (AvgIpc) is 2.76. The Kier molecular flexibility index (Phi) is 2.57. The standard InChI is InChI=1S/C10H10Br2N2O/c11-8-4-9(12)14-10(13-8)6-3-5-1-2-7(6)15-5/h4-7H,1-3H2. The lowest BCUT2D eigenvalue weighted by molar-refractivity contribution is 0.0998. The number of hydrogen-bond donors (Lipinski definition) is 0. The number of aromatic nitrogens is 2. The summed E-state index contributed by atoms with van der Waals surface area (Å²) in [6, 6.07) is 1.86. The van der Waals surface area contributed by atoms with Gasteiger partial charge in [0.15, 0.2) is 0 Å². The minimum atomic E-state index is 0.344. The smallest absolute Gasteiger partial charge is 0.136 e. The molecule has 0 amide bonds. The Morgan fingerprint density at radius 2 is 1.93 bits per heavy atom. The largest absolute Gasteiger partial charge is 0.374 e. The lowest BCUT2D eigenvalue weighted by atomic mass is 9.89. The Labute approximate surface area is 105 Å². The molecule has 2 saturated heterocycles. The summed E-state index contributed by atoms with van der Waals surface area (Å²) < 4.78 is 7.48. The van der Waals surface area contributed by atoms with Gasteiger partial charge in [0, 0.05) is 12.0 Å². The predicted octanol–water partition coefficient (Wildman–Crippen LogP) is 3.04. The second-order valence-corrected chi connectivity index (χ2v) is 5.71. The number of rotatable bonds is 1. The summed E-state index contributed by atoms with van der Waals surface area (Å²) in [5, 5.41) is 0. The van der Waals surface area contributed by atoms with Crippen LogP contribution in [0.4, 0.5) is 0 Å². The fourth-order valence-electron chi connectivity index (χ4n) is 2.48. The van der Waals surface area contributed by atoms with Crippen molar-refractivity contribution in [2.75, 3.05) is 0 Å². The monoisotopic (exact) mass is 332 g/mol. The van der Waals surface area contributed by atoms with Crippen LogP contribution in [-0.2, 0) is 4.74 Å². The van der Waals surface area contributed by atoms with E-state index in [2.05, 4.69) is 41.8 Å². The van der Waals surface area contributed by atoms with E-state index < -0.39 is 0 Å². The molecule has 2 bridgehead atoms. The Morgan fingerprint density at radius 1 is 1.20 bits per heavy atom. The Balaban J connectivity index is 1.93. The van der Waals surface area contributed by atoms with Gasteiger partial charge in [-0.2, -0.15) is 0 Å².